The van der Waals surface area contributed by atoms with E-state index in [2.05, 4.69) is 12.2 Å². The molecule has 1 fully saturated rings. The van der Waals surface area contributed by atoms with Gasteiger partial charge in [-0.25, -0.2) is 4.79 Å². The topological polar surface area (TPSA) is 67.8 Å². The molecule has 0 radical (unpaired) electrons. The maximum Gasteiger partial charge on any atom is 0.330 e. The minimum absolute atomic E-state index is 0.459. The second-order valence-corrected chi connectivity index (χ2v) is 9.28. The van der Waals surface area contributed by atoms with Gasteiger partial charge in [0.1, 0.15) is 5.54 Å². The smallest absolute Gasteiger partial charge is 0.330 e. The van der Waals surface area contributed by atoms with Crippen molar-refractivity contribution in [1.29, 1.82) is 0 Å². The number of fused-ring (bicyclic) bond motifs is 1. The fourth-order valence-corrected chi connectivity index (χ4v) is 5.21. The van der Waals surface area contributed by atoms with E-state index in [-0.39, 0.29) is 0 Å². The normalized spacial score (nSPS) is 21.9. The summed E-state index contributed by atoms with van der Waals surface area (Å²) in [5, 5.41) is 13.4. The number of carboxylic acid groups (broad SMARTS) is 1. The Balaban J connectivity index is 1.46. The van der Waals surface area contributed by atoms with Crippen LogP contribution in [0.2, 0.25) is 0 Å². The van der Waals surface area contributed by atoms with Crippen molar-refractivity contribution in [3.05, 3.63) is 53.6 Å². The van der Waals surface area contributed by atoms with Gasteiger partial charge in [-0.2, -0.15) is 0 Å². The molecular weight excluding hydrogens is 390 g/mol. The van der Waals surface area contributed by atoms with E-state index < -0.39 is 11.5 Å². The van der Waals surface area contributed by atoms with E-state index in [1.165, 1.54) is 25.7 Å². The summed E-state index contributed by atoms with van der Waals surface area (Å²) in [6.07, 6.45) is 7.18. The number of hydrogen-bond donors (Lipinski definition) is 2. The highest BCUT2D eigenvalue weighted by Crippen LogP contribution is 2.37. The Labute approximate surface area is 184 Å². The summed E-state index contributed by atoms with van der Waals surface area (Å²) in [5.74, 6) is 2.02. The summed E-state index contributed by atoms with van der Waals surface area (Å²) in [4.78, 5) is 12.3. The quantitative estimate of drug-likeness (QED) is 0.601. The Hall–Kier alpha value is -2.69. The third-order valence-electron chi connectivity index (χ3n) is 6.89. The van der Waals surface area contributed by atoms with Crippen molar-refractivity contribution in [2.75, 3.05) is 19.0 Å². The van der Waals surface area contributed by atoms with E-state index in [1.54, 1.807) is 7.11 Å². The molecule has 0 saturated heterocycles. The monoisotopic (exact) mass is 423 g/mol. The highest BCUT2D eigenvalue weighted by Gasteiger charge is 2.44. The molecule has 4 rings (SSSR count). The second-order valence-electron chi connectivity index (χ2n) is 9.28. The summed E-state index contributed by atoms with van der Waals surface area (Å²) in [6, 6.07) is 13.5. The molecule has 0 heterocycles. The number of carbonyl (C=O) groups is 1. The van der Waals surface area contributed by atoms with Crippen molar-refractivity contribution in [3.63, 3.8) is 0 Å². The molecular formula is C26H33NO4. The van der Waals surface area contributed by atoms with Gasteiger partial charge in [0.15, 0.2) is 11.5 Å². The third kappa shape index (κ3) is 4.81. The summed E-state index contributed by atoms with van der Waals surface area (Å²) >= 11 is 0. The predicted octanol–water partition coefficient (Wildman–Crippen LogP) is 5.32. The van der Waals surface area contributed by atoms with Crippen molar-refractivity contribution in [2.24, 2.45) is 11.8 Å². The van der Waals surface area contributed by atoms with Gasteiger partial charge in [-0.1, -0.05) is 50.5 Å². The molecule has 2 aliphatic rings. The van der Waals surface area contributed by atoms with E-state index in [1.807, 2.05) is 42.5 Å². The van der Waals surface area contributed by atoms with Gasteiger partial charge in [-0.05, 0) is 47.9 Å². The number of aliphatic carboxylic acids is 1. The van der Waals surface area contributed by atoms with Gasteiger partial charge in [0, 0.05) is 24.6 Å². The number of ether oxygens (including phenoxy) is 2. The van der Waals surface area contributed by atoms with Crippen molar-refractivity contribution in [3.8, 4) is 11.5 Å². The Morgan fingerprint density at radius 1 is 1.13 bits per heavy atom. The molecule has 5 nitrogen and oxygen atoms in total. The molecule has 31 heavy (non-hydrogen) atoms. The lowest BCUT2D eigenvalue weighted by atomic mass is 9.81. The maximum atomic E-state index is 12.3. The fraction of sp³-hybridized carbons (Fsp3) is 0.500. The molecule has 0 aliphatic heterocycles. The summed E-state index contributed by atoms with van der Waals surface area (Å²) < 4.78 is 11.6. The first kappa shape index (κ1) is 21.5. The van der Waals surface area contributed by atoms with Crippen LogP contribution >= 0.6 is 0 Å². The molecule has 2 unspecified atom stereocenters. The molecule has 0 amide bonds. The Morgan fingerprint density at radius 3 is 2.52 bits per heavy atom. The Morgan fingerprint density at radius 2 is 1.87 bits per heavy atom. The van der Waals surface area contributed by atoms with Crippen molar-refractivity contribution >= 4 is 11.7 Å². The summed E-state index contributed by atoms with van der Waals surface area (Å²) in [5.41, 5.74) is 1.86. The number of benzene rings is 2. The first-order chi connectivity index (χ1) is 15.0. The van der Waals surface area contributed by atoms with Gasteiger partial charge in [-0.3, -0.25) is 0 Å². The van der Waals surface area contributed by atoms with Crippen LogP contribution in [0.15, 0.2) is 42.5 Å². The minimum Gasteiger partial charge on any atom is -0.493 e. The van der Waals surface area contributed by atoms with Gasteiger partial charge >= 0.3 is 5.97 Å². The largest absolute Gasteiger partial charge is 0.493 e. The van der Waals surface area contributed by atoms with E-state index in [0.717, 1.165) is 35.1 Å². The van der Waals surface area contributed by atoms with Crippen LogP contribution in [-0.2, 0) is 17.6 Å². The van der Waals surface area contributed by atoms with Gasteiger partial charge in [0.05, 0.1) is 13.7 Å². The van der Waals surface area contributed by atoms with Crippen LogP contribution in [0.4, 0.5) is 5.69 Å². The number of methoxy groups -OCH3 is 1. The first-order valence-corrected chi connectivity index (χ1v) is 11.4. The van der Waals surface area contributed by atoms with Crippen LogP contribution < -0.4 is 14.8 Å². The zero-order chi connectivity index (χ0) is 21.8. The van der Waals surface area contributed by atoms with E-state index in [0.29, 0.717) is 30.9 Å². The Bertz CT molecular complexity index is 900. The van der Waals surface area contributed by atoms with E-state index >= 15 is 0 Å². The van der Waals surface area contributed by atoms with E-state index in [4.69, 9.17) is 9.47 Å². The van der Waals surface area contributed by atoms with Gasteiger partial charge in [0.2, 0.25) is 0 Å². The molecule has 0 bridgehead atoms. The van der Waals surface area contributed by atoms with Crippen LogP contribution in [0.25, 0.3) is 0 Å². The van der Waals surface area contributed by atoms with Crippen molar-refractivity contribution in [1.82, 2.24) is 0 Å². The molecule has 166 valence electrons. The second kappa shape index (κ2) is 9.21. The van der Waals surface area contributed by atoms with Crippen LogP contribution in [0.5, 0.6) is 11.5 Å². The first-order valence-electron chi connectivity index (χ1n) is 11.4. The number of nitrogens with one attached hydrogen (secondary N) is 1. The third-order valence-corrected chi connectivity index (χ3v) is 6.89. The predicted molar refractivity (Wildman–Crippen MR) is 122 cm³/mol. The highest BCUT2D eigenvalue weighted by molar-refractivity contribution is 5.85. The molecule has 0 spiro atoms. The number of rotatable bonds is 8. The number of anilines is 1. The molecule has 2 aliphatic carbocycles. The van der Waals surface area contributed by atoms with Crippen LogP contribution in [0.3, 0.4) is 0 Å². The molecule has 2 aromatic carbocycles. The summed E-state index contributed by atoms with van der Waals surface area (Å²) in [7, 11) is 1.63. The Kier molecular flexibility index (Phi) is 6.40. The lowest BCUT2D eigenvalue weighted by molar-refractivity contribution is -0.142. The average molecular weight is 424 g/mol. The van der Waals surface area contributed by atoms with Gasteiger partial charge < -0.3 is 19.9 Å². The van der Waals surface area contributed by atoms with Gasteiger partial charge in [0.25, 0.3) is 0 Å². The lowest BCUT2D eigenvalue weighted by Crippen LogP contribution is -2.47. The average Bonchev–Trinajstić information content (AvgIpc) is 3.13. The van der Waals surface area contributed by atoms with Crippen LogP contribution in [0, 0.1) is 11.8 Å². The molecule has 1 saturated carbocycles. The molecule has 0 aromatic heterocycles. The number of hydrogen-bond acceptors (Lipinski definition) is 4. The van der Waals surface area contributed by atoms with Crippen molar-refractivity contribution < 1.29 is 19.4 Å². The fourth-order valence-electron chi connectivity index (χ4n) is 5.21. The molecule has 2 aromatic rings. The molecule has 2 N–H and O–H groups in total. The summed E-state index contributed by atoms with van der Waals surface area (Å²) in [6.45, 7) is 2.98. The zero-order valence-electron chi connectivity index (χ0n) is 18.5. The van der Waals surface area contributed by atoms with E-state index in [9.17, 15) is 9.90 Å². The highest BCUT2D eigenvalue weighted by atomic mass is 16.5. The lowest BCUT2D eigenvalue weighted by Gasteiger charge is -2.28. The van der Waals surface area contributed by atoms with Crippen LogP contribution in [0.1, 0.15) is 50.2 Å². The standard InChI is InChI=1S/C26H33NO4/c1-18-6-5-7-19(14-18)12-13-31-24-15-22(10-11-23(24)30-2)27-26(25(28)29)16-20-8-3-4-9-21(20)17-26/h3-4,8-11,15,18-19,27H,5-7,12-14,16-17H2,1-2H3,(H,28,29). The minimum atomic E-state index is -1.05. The zero-order valence-corrected chi connectivity index (χ0v) is 18.5. The maximum absolute atomic E-state index is 12.3. The number of carboxylic acids is 1. The van der Waals surface area contributed by atoms with Crippen LogP contribution in [-0.4, -0.2) is 30.3 Å². The molecule has 2 atom stereocenters. The van der Waals surface area contributed by atoms with Crippen molar-refractivity contribution in [2.45, 2.75) is 57.4 Å². The van der Waals surface area contributed by atoms with Gasteiger partial charge in [-0.15, -0.1) is 0 Å². The molecule has 5 heteroatoms. The SMILES string of the molecule is COc1ccc(NC2(C(=O)O)Cc3ccccc3C2)cc1OCCC1CCCC(C)C1.